The predicted molar refractivity (Wildman–Crippen MR) is 70.0 cm³/mol. The number of benzene rings is 1. The van der Waals surface area contributed by atoms with Gasteiger partial charge < -0.3 is 15.2 Å². The molecule has 2 N–H and O–H groups in total. The van der Waals surface area contributed by atoms with Crippen molar-refractivity contribution < 1.29 is 23.4 Å². The van der Waals surface area contributed by atoms with Crippen molar-refractivity contribution in [3.05, 3.63) is 35.4 Å². The van der Waals surface area contributed by atoms with Gasteiger partial charge in [-0.2, -0.15) is 0 Å². The van der Waals surface area contributed by atoms with Crippen molar-refractivity contribution in [3.8, 4) is 0 Å². The Morgan fingerprint density at radius 1 is 1.50 bits per heavy atom. The number of halogens is 2. The van der Waals surface area contributed by atoms with Crippen LogP contribution < -0.4 is 5.32 Å². The molecule has 2 atom stereocenters. The van der Waals surface area contributed by atoms with Crippen molar-refractivity contribution in [2.75, 3.05) is 13.2 Å². The maximum atomic E-state index is 13.6. The Hall–Kier alpha value is -1.53. The molecule has 1 aromatic carbocycles. The minimum atomic E-state index is -1.64. The molecule has 1 amide bonds. The number of carbonyl (C=O) groups is 1. The SMILES string of the molecule is CCOC(C)C(=O)NCC(C)(O)c1ccc(F)cc1F. The summed E-state index contributed by atoms with van der Waals surface area (Å²) < 4.78 is 31.5. The van der Waals surface area contributed by atoms with Crippen LogP contribution in [0.2, 0.25) is 0 Å². The first kappa shape index (κ1) is 16.5. The summed E-state index contributed by atoms with van der Waals surface area (Å²) in [6.45, 7) is 4.86. The van der Waals surface area contributed by atoms with Gasteiger partial charge in [-0.25, -0.2) is 8.78 Å². The van der Waals surface area contributed by atoms with E-state index in [-0.39, 0.29) is 12.1 Å². The van der Waals surface area contributed by atoms with E-state index in [1.165, 1.54) is 6.92 Å². The van der Waals surface area contributed by atoms with E-state index in [0.717, 1.165) is 12.1 Å². The number of rotatable bonds is 6. The highest BCUT2D eigenvalue weighted by atomic mass is 19.1. The highest BCUT2D eigenvalue weighted by Crippen LogP contribution is 2.23. The lowest BCUT2D eigenvalue weighted by Gasteiger charge is -2.25. The number of amides is 1. The molecule has 1 aromatic rings. The second kappa shape index (κ2) is 6.76. The summed E-state index contributed by atoms with van der Waals surface area (Å²) in [7, 11) is 0. The molecule has 2 unspecified atom stereocenters. The molecule has 0 saturated heterocycles. The molecule has 0 aromatic heterocycles. The molecule has 0 aliphatic heterocycles. The maximum absolute atomic E-state index is 13.6. The fourth-order valence-corrected chi connectivity index (χ4v) is 1.75. The zero-order valence-corrected chi connectivity index (χ0v) is 11.7. The molecule has 6 heteroatoms. The first-order chi connectivity index (χ1) is 9.27. The first-order valence-electron chi connectivity index (χ1n) is 6.35. The molecule has 112 valence electrons. The topological polar surface area (TPSA) is 58.6 Å². The lowest BCUT2D eigenvalue weighted by atomic mass is 9.95. The van der Waals surface area contributed by atoms with Gasteiger partial charge in [-0.3, -0.25) is 4.79 Å². The third kappa shape index (κ3) is 4.25. The van der Waals surface area contributed by atoms with Crippen molar-refractivity contribution >= 4 is 5.91 Å². The molecular weight excluding hydrogens is 268 g/mol. The molecular formula is C14H19F2NO3. The van der Waals surface area contributed by atoms with Crippen molar-refractivity contribution in [2.45, 2.75) is 32.5 Å². The van der Waals surface area contributed by atoms with Gasteiger partial charge >= 0.3 is 0 Å². The minimum absolute atomic E-state index is 0.0803. The van der Waals surface area contributed by atoms with Gasteiger partial charge in [-0.1, -0.05) is 6.07 Å². The third-order valence-electron chi connectivity index (χ3n) is 2.90. The van der Waals surface area contributed by atoms with Crippen LogP contribution in [0.3, 0.4) is 0 Å². The van der Waals surface area contributed by atoms with Crippen LogP contribution in [0.5, 0.6) is 0 Å². The van der Waals surface area contributed by atoms with E-state index in [1.54, 1.807) is 13.8 Å². The molecule has 0 bridgehead atoms. The van der Waals surface area contributed by atoms with E-state index in [9.17, 15) is 18.7 Å². The summed E-state index contributed by atoms with van der Waals surface area (Å²) in [6, 6.07) is 2.90. The van der Waals surface area contributed by atoms with Gasteiger partial charge in [-0.15, -0.1) is 0 Å². The fourth-order valence-electron chi connectivity index (χ4n) is 1.75. The summed E-state index contributed by atoms with van der Waals surface area (Å²) in [5, 5.41) is 12.7. The zero-order valence-electron chi connectivity index (χ0n) is 11.7. The second-order valence-electron chi connectivity index (χ2n) is 4.71. The van der Waals surface area contributed by atoms with Crippen LogP contribution in [0.15, 0.2) is 18.2 Å². The standard InChI is InChI=1S/C14H19F2NO3/c1-4-20-9(2)13(18)17-8-14(3,19)11-6-5-10(15)7-12(11)16/h5-7,9,19H,4,8H2,1-3H3,(H,17,18). The third-order valence-corrected chi connectivity index (χ3v) is 2.90. The van der Waals surface area contributed by atoms with E-state index in [1.807, 2.05) is 0 Å². The van der Waals surface area contributed by atoms with Crippen molar-refractivity contribution in [1.29, 1.82) is 0 Å². The summed E-state index contributed by atoms with van der Waals surface area (Å²) in [4.78, 5) is 11.6. The summed E-state index contributed by atoms with van der Waals surface area (Å²) in [5.41, 5.74) is -1.72. The predicted octanol–water partition coefficient (Wildman–Crippen LogP) is 1.71. The minimum Gasteiger partial charge on any atom is -0.383 e. The Kier molecular flexibility index (Phi) is 5.59. The fraction of sp³-hybridized carbons (Fsp3) is 0.500. The monoisotopic (exact) mass is 287 g/mol. The average molecular weight is 287 g/mol. The first-order valence-corrected chi connectivity index (χ1v) is 6.35. The highest BCUT2D eigenvalue weighted by molar-refractivity contribution is 5.80. The largest absolute Gasteiger partial charge is 0.383 e. The number of ether oxygens (including phenoxy) is 1. The normalized spacial score (nSPS) is 15.5. The Bertz CT molecular complexity index is 477. The van der Waals surface area contributed by atoms with Gasteiger partial charge in [0.2, 0.25) is 5.91 Å². The van der Waals surface area contributed by atoms with Crippen molar-refractivity contribution in [1.82, 2.24) is 5.32 Å². The smallest absolute Gasteiger partial charge is 0.248 e. The van der Waals surface area contributed by atoms with Gasteiger partial charge in [0.25, 0.3) is 0 Å². The van der Waals surface area contributed by atoms with E-state index in [0.29, 0.717) is 12.7 Å². The lowest BCUT2D eigenvalue weighted by molar-refractivity contribution is -0.132. The van der Waals surface area contributed by atoms with Crippen LogP contribution in [-0.4, -0.2) is 30.3 Å². The molecule has 4 nitrogen and oxygen atoms in total. The molecule has 0 fully saturated rings. The van der Waals surface area contributed by atoms with Gasteiger partial charge in [0.15, 0.2) is 0 Å². The van der Waals surface area contributed by atoms with E-state index in [2.05, 4.69) is 5.32 Å². The molecule has 0 saturated carbocycles. The number of aliphatic hydroxyl groups is 1. The van der Waals surface area contributed by atoms with Gasteiger partial charge in [-0.05, 0) is 26.8 Å². The molecule has 1 rings (SSSR count). The van der Waals surface area contributed by atoms with Crippen LogP contribution in [0.1, 0.15) is 26.3 Å². The molecule has 0 radical (unpaired) electrons. The Balaban J connectivity index is 2.72. The van der Waals surface area contributed by atoms with E-state index in [4.69, 9.17) is 4.74 Å². The second-order valence-corrected chi connectivity index (χ2v) is 4.71. The number of hydrogen-bond donors (Lipinski definition) is 2. The molecule has 0 spiro atoms. The maximum Gasteiger partial charge on any atom is 0.248 e. The van der Waals surface area contributed by atoms with Crippen LogP contribution in [0, 0.1) is 11.6 Å². The zero-order chi connectivity index (χ0) is 15.3. The van der Waals surface area contributed by atoms with Gasteiger partial charge in [0, 0.05) is 18.2 Å². The number of hydrogen-bond acceptors (Lipinski definition) is 3. The Morgan fingerprint density at radius 3 is 2.70 bits per heavy atom. The number of carbonyl (C=O) groups excluding carboxylic acids is 1. The van der Waals surface area contributed by atoms with Crippen LogP contribution in [-0.2, 0) is 15.1 Å². The highest BCUT2D eigenvalue weighted by Gasteiger charge is 2.28. The van der Waals surface area contributed by atoms with Gasteiger partial charge in [0.05, 0.1) is 6.54 Å². The average Bonchev–Trinajstić information content (AvgIpc) is 2.35. The van der Waals surface area contributed by atoms with Crippen molar-refractivity contribution in [3.63, 3.8) is 0 Å². The Labute approximate surface area is 116 Å². The van der Waals surface area contributed by atoms with Crippen LogP contribution >= 0.6 is 0 Å². The molecule has 20 heavy (non-hydrogen) atoms. The summed E-state index contributed by atoms with van der Waals surface area (Å²) in [5.74, 6) is -1.99. The van der Waals surface area contributed by atoms with Crippen LogP contribution in [0.25, 0.3) is 0 Å². The summed E-state index contributed by atoms with van der Waals surface area (Å²) in [6.07, 6.45) is -0.658. The number of nitrogens with one attached hydrogen (secondary N) is 1. The van der Waals surface area contributed by atoms with E-state index >= 15 is 0 Å². The van der Waals surface area contributed by atoms with Crippen molar-refractivity contribution in [2.24, 2.45) is 0 Å². The lowest BCUT2D eigenvalue weighted by Crippen LogP contribution is -2.43. The quantitative estimate of drug-likeness (QED) is 0.837. The van der Waals surface area contributed by atoms with Gasteiger partial charge in [0.1, 0.15) is 23.3 Å². The molecule has 0 heterocycles. The summed E-state index contributed by atoms with van der Waals surface area (Å²) >= 11 is 0. The van der Waals surface area contributed by atoms with E-state index < -0.39 is 29.2 Å². The molecule has 0 aliphatic rings. The molecule has 0 aliphatic carbocycles. The Morgan fingerprint density at radius 2 is 2.15 bits per heavy atom. The van der Waals surface area contributed by atoms with Crippen LogP contribution in [0.4, 0.5) is 8.78 Å².